The van der Waals surface area contributed by atoms with Gasteiger partial charge in [-0.15, -0.1) is 0 Å². The molecule has 10 heteroatoms. The van der Waals surface area contributed by atoms with Crippen molar-refractivity contribution in [1.82, 2.24) is 14.5 Å². The fraction of sp³-hybridized carbons (Fsp3) is 0.318. The van der Waals surface area contributed by atoms with E-state index in [1.54, 1.807) is 0 Å². The van der Waals surface area contributed by atoms with Crippen molar-refractivity contribution in [3.63, 3.8) is 0 Å². The maximum atomic E-state index is 13.1. The molecule has 1 saturated heterocycles. The molecule has 0 amide bonds. The first-order valence-corrected chi connectivity index (χ1v) is 10.3. The van der Waals surface area contributed by atoms with Crippen LogP contribution >= 0.6 is 0 Å². The molecule has 9 nitrogen and oxygen atoms in total. The zero-order chi connectivity index (χ0) is 22.8. The largest absolute Gasteiger partial charge is 0.328 e. The summed E-state index contributed by atoms with van der Waals surface area (Å²) >= 11 is 0. The van der Waals surface area contributed by atoms with Gasteiger partial charge in [0.25, 0.3) is 11.2 Å². The zero-order valence-electron chi connectivity index (χ0n) is 17.1. The van der Waals surface area contributed by atoms with Gasteiger partial charge in [-0.05, 0) is 56.3 Å². The molecule has 1 aliphatic rings. The van der Waals surface area contributed by atoms with Crippen molar-refractivity contribution in [2.75, 3.05) is 19.6 Å². The van der Waals surface area contributed by atoms with Crippen LogP contribution < -0.4 is 11.2 Å². The third-order valence-electron chi connectivity index (χ3n) is 5.90. The lowest BCUT2D eigenvalue weighted by Crippen LogP contribution is -2.42. The van der Waals surface area contributed by atoms with Crippen LogP contribution in [0.4, 0.5) is 10.1 Å². The van der Waals surface area contributed by atoms with Gasteiger partial charge in [-0.3, -0.25) is 24.3 Å². The van der Waals surface area contributed by atoms with Crippen molar-refractivity contribution in [3.05, 3.63) is 84.8 Å². The number of nitrogens with one attached hydrogen (secondary N) is 1. The van der Waals surface area contributed by atoms with Crippen LogP contribution in [0.2, 0.25) is 0 Å². The van der Waals surface area contributed by atoms with Gasteiger partial charge in [0, 0.05) is 36.7 Å². The molecular formula is C22H21FN4O5. The quantitative estimate of drug-likeness (QED) is 0.357. The third kappa shape index (κ3) is 4.35. The Morgan fingerprint density at radius 3 is 2.44 bits per heavy atom. The predicted octanol–water partition coefficient (Wildman–Crippen LogP) is 2.33. The third-order valence-corrected chi connectivity index (χ3v) is 5.90. The summed E-state index contributed by atoms with van der Waals surface area (Å²) in [5.74, 6) is -0.520. The second-order valence-corrected chi connectivity index (χ2v) is 7.86. The number of likely N-dealkylation sites (tertiary alicyclic amines) is 1. The molecule has 166 valence electrons. The van der Waals surface area contributed by atoms with Crippen LogP contribution in [0.15, 0.2) is 52.1 Å². The maximum Gasteiger partial charge on any atom is 0.328 e. The molecule has 1 aromatic heterocycles. The minimum absolute atomic E-state index is 0.000867. The van der Waals surface area contributed by atoms with Gasteiger partial charge in [0.15, 0.2) is 5.78 Å². The van der Waals surface area contributed by atoms with Gasteiger partial charge in [-0.25, -0.2) is 9.18 Å². The average molecular weight is 440 g/mol. The molecule has 0 radical (unpaired) electrons. The van der Waals surface area contributed by atoms with Crippen LogP contribution in [0.25, 0.3) is 10.9 Å². The lowest BCUT2D eigenvalue weighted by Gasteiger charge is -2.31. The summed E-state index contributed by atoms with van der Waals surface area (Å²) in [5.41, 5.74) is -0.697. The summed E-state index contributed by atoms with van der Waals surface area (Å²) in [6.45, 7) is 1.91. The second kappa shape index (κ2) is 8.83. The van der Waals surface area contributed by atoms with Crippen molar-refractivity contribution in [3.8, 4) is 0 Å². The van der Waals surface area contributed by atoms with Crippen LogP contribution in [0.3, 0.4) is 0 Å². The summed E-state index contributed by atoms with van der Waals surface area (Å²) in [6.07, 6.45) is 1.28. The van der Waals surface area contributed by atoms with Gasteiger partial charge < -0.3 is 9.88 Å². The number of rotatable bonds is 6. The van der Waals surface area contributed by atoms with Crippen LogP contribution in [-0.2, 0) is 6.54 Å². The van der Waals surface area contributed by atoms with E-state index in [9.17, 15) is 28.9 Å². The standard InChI is InChI=1S/C22H21FN4O5/c23-16-3-1-14(2-4-16)20(28)15-7-9-25(10-8-15)11-12-26-21(29)18-6-5-17(27(31)32)13-19(18)24-22(26)30/h1-6,13,15H,7-12H2,(H,24,30). The number of carbonyl (C=O) groups excluding carboxylic acids is 1. The first-order valence-electron chi connectivity index (χ1n) is 10.3. The van der Waals surface area contributed by atoms with Gasteiger partial charge in [0.2, 0.25) is 0 Å². The number of carbonyl (C=O) groups is 1. The van der Waals surface area contributed by atoms with Crippen LogP contribution in [0.1, 0.15) is 23.2 Å². The molecule has 32 heavy (non-hydrogen) atoms. The van der Waals surface area contributed by atoms with Crippen molar-refractivity contribution in [1.29, 1.82) is 0 Å². The Balaban J connectivity index is 1.40. The number of aromatic nitrogens is 2. The van der Waals surface area contributed by atoms with Gasteiger partial charge >= 0.3 is 5.69 Å². The smallest absolute Gasteiger partial charge is 0.306 e. The van der Waals surface area contributed by atoms with E-state index in [-0.39, 0.29) is 40.7 Å². The summed E-state index contributed by atoms with van der Waals surface area (Å²) in [7, 11) is 0. The SMILES string of the molecule is O=C(c1ccc(F)cc1)C1CCN(CCn2c(=O)[nH]c3cc([N+](=O)[O-])ccc3c2=O)CC1. The molecule has 1 aliphatic heterocycles. The minimum atomic E-state index is -0.621. The molecule has 2 aromatic carbocycles. The Kier molecular flexibility index (Phi) is 5.95. The van der Waals surface area contributed by atoms with Crippen LogP contribution in [0, 0.1) is 21.8 Å². The van der Waals surface area contributed by atoms with Crippen LogP contribution in [0.5, 0.6) is 0 Å². The number of ketones is 1. The van der Waals surface area contributed by atoms with E-state index < -0.39 is 16.2 Å². The number of Topliss-reactive ketones (excluding diaryl/α,β-unsaturated/α-hetero) is 1. The Bertz CT molecular complexity index is 1290. The highest BCUT2D eigenvalue weighted by Crippen LogP contribution is 2.22. The molecule has 2 heterocycles. The van der Waals surface area contributed by atoms with E-state index in [2.05, 4.69) is 9.88 Å². The maximum absolute atomic E-state index is 13.1. The Morgan fingerprint density at radius 1 is 1.09 bits per heavy atom. The molecule has 3 aromatic rings. The van der Waals surface area contributed by atoms with E-state index in [4.69, 9.17) is 0 Å². The molecule has 4 rings (SSSR count). The summed E-state index contributed by atoms with van der Waals surface area (Å²) in [4.78, 5) is 52.6. The molecule has 0 atom stereocenters. The molecule has 0 unspecified atom stereocenters. The van der Waals surface area contributed by atoms with E-state index in [0.717, 1.165) is 4.57 Å². The number of aromatic amines is 1. The number of nitro groups is 1. The summed E-state index contributed by atoms with van der Waals surface area (Å²) in [6, 6.07) is 9.29. The Morgan fingerprint density at radius 2 is 1.78 bits per heavy atom. The van der Waals surface area contributed by atoms with Crippen molar-refractivity contribution >= 4 is 22.4 Å². The lowest BCUT2D eigenvalue weighted by molar-refractivity contribution is -0.384. The number of H-pyrrole nitrogens is 1. The first-order chi connectivity index (χ1) is 15.3. The molecule has 1 N–H and O–H groups in total. The number of fused-ring (bicyclic) bond motifs is 1. The highest BCUT2D eigenvalue weighted by Gasteiger charge is 2.26. The monoisotopic (exact) mass is 440 g/mol. The number of hydrogen-bond acceptors (Lipinski definition) is 6. The van der Waals surface area contributed by atoms with E-state index in [1.807, 2.05) is 0 Å². The molecule has 0 bridgehead atoms. The number of nitro benzene ring substituents is 1. The molecule has 0 saturated carbocycles. The number of halogens is 1. The first kappa shape index (κ1) is 21.6. The molecule has 0 spiro atoms. The topological polar surface area (TPSA) is 118 Å². The molecule has 0 aliphatic carbocycles. The molecule has 1 fully saturated rings. The minimum Gasteiger partial charge on any atom is -0.306 e. The second-order valence-electron chi connectivity index (χ2n) is 7.86. The number of hydrogen-bond donors (Lipinski definition) is 1. The highest BCUT2D eigenvalue weighted by molar-refractivity contribution is 5.97. The van der Waals surface area contributed by atoms with Gasteiger partial charge in [-0.1, -0.05) is 0 Å². The van der Waals surface area contributed by atoms with Crippen molar-refractivity contribution < 1.29 is 14.1 Å². The highest BCUT2D eigenvalue weighted by atomic mass is 19.1. The number of non-ortho nitro benzene ring substituents is 1. The van der Waals surface area contributed by atoms with Crippen molar-refractivity contribution in [2.45, 2.75) is 19.4 Å². The van der Waals surface area contributed by atoms with E-state index in [1.165, 1.54) is 42.5 Å². The summed E-state index contributed by atoms with van der Waals surface area (Å²) < 4.78 is 14.2. The number of benzene rings is 2. The van der Waals surface area contributed by atoms with Crippen molar-refractivity contribution in [2.24, 2.45) is 5.92 Å². The number of piperidine rings is 1. The number of nitrogens with zero attached hydrogens (tertiary/aromatic N) is 3. The Labute approximate surface area is 181 Å². The fourth-order valence-corrected chi connectivity index (χ4v) is 4.07. The van der Waals surface area contributed by atoms with E-state index >= 15 is 0 Å². The lowest BCUT2D eigenvalue weighted by atomic mass is 9.89. The fourth-order valence-electron chi connectivity index (χ4n) is 4.07. The van der Waals surface area contributed by atoms with E-state index in [0.29, 0.717) is 38.0 Å². The molecular weight excluding hydrogens is 419 g/mol. The summed E-state index contributed by atoms with van der Waals surface area (Å²) in [5, 5.41) is 11.1. The Hall–Kier alpha value is -3.66. The van der Waals surface area contributed by atoms with Gasteiger partial charge in [-0.2, -0.15) is 0 Å². The predicted molar refractivity (Wildman–Crippen MR) is 115 cm³/mol. The van der Waals surface area contributed by atoms with Gasteiger partial charge in [0.1, 0.15) is 5.82 Å². The van der Waals surface area contributed by atoms with Crippen LogP contribution in [-0.4, -0.2) is 44.8 Å². The average Bonchev–Trinajstić information content (AvgIpc) is 2.79. The van der Waals surface area contributed by atoms with Gasteiger partial charge in [0.05, 0.1) is 15.8 Å². The zero-order valence-corrected chi connectivity index (χ0v) is 17.1. The normalized spacial score (nSPS) is 15.2.